The van der Waals surface area contributed by atoms with Gasteiger partial charge in [0.2, 0.25) is 0 Å². The summed E-state index contributed by atoms with van der Waals surface area (Å²) in [7, 11) is -3.11. The van der Waals surface area contributed by atoms with E-state index >= 15 is 0 Å². The molecule has 8 heteroatoms. The van der Waals surface area contributed by atoms with Crippen LogP contribution in [0.25, 0.3) is 0 Å². The maximum Gasteiger partial charge on any atom is 0.314 e. The van der Waals surface area contributed by atoms with Crippen molar-refractivity contribution in [2.75, 3.05) is 25.1 Å². The molecule has 0 bridgehead atoms. The highest BCUT2D eigenvalue weighted by Crippen LogP contribution is 2.12. The van der Waals surface area contributed by atoms with Crippen LogP contribution in [0.1, 0.15) is 13.8 Å². The summed E-state index contributed by atoms with van der Waals surface area (Å²) in [5.41, 5.74) is -1.06. The average Bonchev–Trinajstić information content (AvgIpc) is 2.12. The predicted molar refractivity (Wildman–Crippen MR) is 62.5 cm³/mol. The Bertz CT molecular complexity index is 388. The third-order valence-corrected chi connectivity index (χ3v) is 2.97. The zero-order valence-electron chi connectivity index (χ0n) is 10.1. The Hall–Kier alpha value is -1.31. The molecule has 0 fully saturated rings. The fourth-order valence-corrected chi connectivity index (χ4v) is 1.26. The molecule has 0 aliphatic carbocycles. The highest BCUT2D eigenvalue weighted by atomic mass is 32.2. The monoisotopic (exact) mass is 266 g/mol. The van der Waals surface area contributed by atoms with Gasteiger partial charge in [0.15, 0.2) is 0 Å². The van der Waals surface area contributed by atoms with E-state index in [1.807, 2.05) is 0 Å². The Morgan fingerprint density at radius 2 is 1.76 bits per heavy atom. The van der Waals surface area contributed by atoms with Crippen molar-refractivity contribution in [1.82, 2.24) is 10.6 Å². The van der Waals surface area contributed by atoms with E-state index in [9.17, 15) is 18.0 Å². The average molecular weight is 266 g/mol. The smallest absolute Gasteiger partial charge is 0.314 e. The van der Waals surface area contributed by atoms with Gasteiger partial charge in [0, 0.05) is 19.3 Å². The molecule has 0 spiro atoms. The van der Waals surface area contributed by atoms with Gasteiger partial charge in [-0.25, -0.2) is 13.2 Å². The number of carboxylic acid groups (broad SMARTS) is 1. The van der Waals surface area contributed by atoms with Crippen LogP contribution in [0.4, 0.5) is 4.79 Å². The standard InChI is InChI=1S/C9H18N2O5S/c1-9(2,7(12)13)6-11-8(14)10-4-5-17(3,15)16/h4-6H2,1-3H3,(H,12,13)(H2,10,11,14). The molecule has 0 aromatic rings. The molecule has 0 radical (unpaired) electrons. The molecule has 0 saturated carbocycles. The van der Waals surface area contributed by atoms with Gasteiger partial charge >= 0.3 is 12.0 Å². The van der Waals surface area contributed by atoms with E-state index in [1.165, 1.54) is 13.8 Å². The van der Waals surface area contributed by atoms with Crippen molar-refractivity contribution in [2.45, 2.75) is 13.8 Å². The number of carbonyl (C=O) groups is 2. The van der Waals surface area contributed by atoms with Crippen molar-refractivity contribution >= 4 is 21.8 Å². The molecule has 7 nitrogen and oxygen atoms in total. The number of carboxylic acids is 1. The van der Waals surface area contributed by atoms with Crippen LogP contribution in [-0.4, -0.2) is 50.6 Å². The number of aliphatic carboxylic acids is 1. The molecule has 17 heavy (non-hydrogen) atoms. The second kappa shape index (κ2) is 5.85. The minimum absolute atomic E-state index is 0.00182. The summed E-state index contributed by atoms with van der Waals surface area (Å²) in [4.78, 5) is 21.9. The number of hydrogen-bond donors (Lipinski definition) is 3. The fraction of sp³-hybridized carbons (Fsp3) is 0.778. The van der Waals surface area contributed by atoms with Crippen molar-refractivity contribution in [2.24, 2.45) is 5.41 Å². The van der Waals surface area contributed by atoms with Gasteiger partial charge in [-0.05, 0) is 13.8 Å². The molecule has 2 amide bonds. The lowest BCUT2D eigenvalue weighted by Gasteiger charge is -2.19. The van der Waals surface area contributed by atoms with Gasteiger partial charge in [-0.1, -0.05) is 0 Å². The number of carbonyl (C=O) groups excluding carboxylic acids is 1. The van der Waals surface area contributed by atoms with Gasteiger partial charge < -0.3 is 15.7 Å². The Balaban J connectivity index is 3.93. The van der Waals surface area contributed by atoms with Crippen molar-refractivity contribution < 1.29 is 23.1 Å². The number of nitrogens with one attached hydrogen (secondary N) is 2. The first-order valence-electron chi connectivity index (χ1n) is 4.97. The second-order valence-corrected chi connectivity index (χ2v) is 6.69. The SMILES string of the molecule is CC(C)(CNC(=O)NCCS(C)(=O)=O)C(=O)O. The molecule has 0 aliphatic rings. The Morgan fingerprint density at radius 1 is 1.24 bits per heavy atom. The van der Waals surface area contributed by atoms with E-state index in [-0.39, 0.29) is 18.8 Å². The first-order chi connectivity index (χ1) is 7.54. The number of rotatable bonds is 6. The van der Waals surface area contributed by atoms with Crippen LogP contribution in [0.2, 0.25) is 0 Å². The van der Waals surface area contributed by atoms with E-state index in [2.05, 4.69) is 10.6 Å². The third-order valence-electron chi connectivity index (χ3n) is 2.03. The van der Waals surface area contributed by atoms with Crippen molar-refractivity contribution in [3.8, 4) is 0 Å². The van der Waals surface area contributed by atoms with E-state index < -0.39 is 27.3 Å². The van der Waals surface area contributed by atoms with Gasteiger partial charge in [-0.2, -0.15) is 0 Å². The van der Waals surface area contributed by atoms with Crippen LogP contribution in [0, 0.1) is 5.41 Å². The third kappa shape index (κ3) is 7.56. The van der Waals surface area contributed by atoms with E-state index in [0.29, 0.717) is 0 Å². The minimum Gasteiger partial charge on any atom is -0.481 e. The zero-order valence-corrected chi connectivity index (χ0v) is 10.9. The second-order valence-electron chi connectivity index (χ2n) is 4.43. The Kier molecular flexibility index (Phi) is 5.40. The van der Waals surface area contributed by atoms with Crippen LogP contribution in [0.5, 0.6) is 0 Å². The highest BCUT2D eigenvalue weighted by molar-refractivity contribution is 7.90. The number of sulfone groups is 1. The lowest BCUT2D eigenvalue weighted by molar-refractivity contribution is -0.146. The fourth-order valence-electron chi connectivity index (χ4n) is 0.789. The molecule has 0 aromatic heterocycles. The maximum atomic E-state index is 11.2. The summed E-state index contributed by atoms with van der Waals surface area (Å²) in [5, 5.41) is 13.5. The zero-order chi connectivity index (χ0) is 13.7. The number of amides is 2. The quantitative estimate of drug-likeness (QED) is 0.596. The Morgan fingerprint density at radius 3 is 2.18 bits per heavy atom. The largest absolute Gasteiger partial charge is 0.481 e. The number of urea groups is 1. The molecular weight excluding hydrogens is 248 g/mol. The van der Waals surface area contributed by atoms with Crippen LogP contribution < -0.4 is 10.6 Å². The topological polar surface area (TPSA) is 113 Å². The molecule has 0 aliphatic heterocycles. The summed E-state index contributed by atoms with van der Waals surface area (Å²) < 4.78 is 21.5. The summed E-state index contributed by atoms with van der Waals surface area (Å²) in [6.45, 7) is 2.92. The van der Waals surface area contributed by atoms with Crippen LogP contribution in [0.3, 0.4) is 0 Å². The Labute approximate surface area is 101 Å². The maximum absolute atomic E-state index is 11.2. The van der Waals surface area contributed by atoms with Gasteiger partial charge in [0.05, 0.1) is 11.2 Å². The van der Waals surface area contributed by atoms with E-state index in [4.69, 9.17) is 5.11 Å². The molecular formula is C9H18N2O5S. The molecule has 0 heterocycles. The predicted octanol–water partition coefficient (Wildman–Crippen LogP) is -0.559. The molecule has 3 N–H and O–H groups in total. The van der Waals surface area contributed by atoms with Crippen molar-refractivity contribution in [3.63, 3.8) is 0 Å². The molecule has 100 valence electrons. The molecule has 0 saturated heterocycles. The minimum atomic E-state index is -3.11. The normalized spacial score (nSPS) is 11.9. The summed E-state index contributed by atoms with van der Waals surface area (Å²) in [6, 6.07) is -0.581. The van der Waals surface area contributed by atoms with Crippen molar-refractivity contribution in [3.05, 3.63) is 0 Å². The first kappa shape index (κ1) is 15.7. The van der Waals surface area contributed by atoms with Gasteiger partial charge in [0.25, 0.3) is 0 Å². The van der Waals surface area contributed by atoms with Gasteiger partial charge in [-0.3, -0.25) is 4.79 Å². The highest BCUT2D eigenvalue weighted by Gasteiger charge is 2.27. The van der Waals surface area contributed by atoms with Gasteiger partial charge in [0.1, 0.15) is 9.84 Å². The molecule has 0 unspecified atom stereocenters. The van der Waals surface area contributed by atoms with Gasteiger partial charge in [-0.15, -0.1) is 0 Å². The van der Waals surface area contributed by atoms with Crippen LogP contribution in [-0.2, 0) is 14.6 Å². The number of hydrogen-bond acceptors (Lipinski definition) is 4. The lowest BCUT2D eigenvalue weighted by Crippen LogP contribution is -2.44. The first-order valence-corrected chi connectivity index (χ1v) is 7.03. The summed E-state index contributed by atoms with van der Waals surface area (Å²) in [6.07, 6.45) is 1.07. The molecule has 0 atom stereocenters. The van der Waals surface area contributed by atoms with Crippen LogP contribution in [0.15, 0.2) is 0 Å². The molecule has 0 rings (SSSR count). The lowest BCUT2D eigenvalue weighted by atomic mass is 9.94. The van der Waals surface area contributed by atoms with Crippen molar-refractivity contribution in [1.29, 1.82) is 0 Å². The molecule has 0 aromatic carbocycles. The van der Waals surface area contributed by atoms with E-state index in [0.717, 1.165) is 6.26 Å². The van der Waals surface area contributed by atoms with Crippen LogP contribution >= 0.6 is 0 Å². The summed E-state index contributed by atoms with van der Waals surface area (Å²) in [5.74, 6) is -1.17. The van der Waals surface area contributed by atoms with E-state index in [1.54, 1.807) is 0 Å². The summed E-state index contributed by atoms with van der Waals surface area (Å²) >= 11 is 0.